The number of carbonyl (C=O) groups excluding carboxylic acids is 1. The van der Waals surface area contributed by atoms with Crippen LogP contribution in [0.4, 0.5) is 16.2 Å². The van der Waals surface area contributed by atoms with Gasteiger partial charge in [0.2, 0.25) is 0 Å². The third kappa shape index (κ3) is 5.92. The van der Waals surface area contributed by atoms with Crippen LogP contribution in [-0.2, 0) is 0 Å². The third-order valence-electron chi connectivity index (χ3n) is 3.45. The Morgan fingerprint density at radius 2 is 1.71 bits per heavy atom. The van der Waals surface area contributed by atoms with E-state index in [4.69, 9.17) is 0 Å². The number of hydrogen-bond acceptors (Lipinski definition) is 1. The van der Waals surface area contributed by atoms with E-state index in [1.165, 1.54) is 5.56 Å². The standard InChI is InChI=1S/C19H22N2O.C2H6/c1-4-5-9-16-11-12-17(13-15(16)3)20-19(22)21-18-10-7-6-8-14(18)2;1-2/h5-13H,4H2,1-3H3,(H2,20,21,22);1-2H3/b9-5-;. The van der Waals surface area contributed by atoms with Gasteiger partial charge < -0.3 is 10.6 Å². The molecule has 3 heteroatoms. The highest BCUT2D eigenvalue weighted by atomic mass is 16.2. The number of carbonyl (C=O) groups is 1. The van der Waals surface area contributed by atoms with Crippen molar-refractivity contribution in [2.45, 2.75) is 41.0 Å². The van der Waals surface area contributed by atoms with Crippen LogP contribution in [0.3, 0.4) is 0 Å². The maximum absolute atomic E-state index is 12.1. The van der Waals surface area contributed by atoms with Crippen LogP contribution in [0.2, 0.25) is 0 Å². The van der Waals surface area contributed by atoms with E-state index in [1.807, 2.05) is 70.2 Å². The number of allylic oxidation sites excluding steroid dienone is 1. The van der Waals surface area contributed by atoms with E-state index in [-0.39, 0.29) is 6.03 Å². The van der Waals surface area contributed by atoms with E-state index in [0.29, 0.717) is 0 Å². The van der Waals surface area contributed by atoms with Crippen LogP contribution in [0.1, 0.15) is 43.9 Å². The van der Waals surface area contributed by atoms with E-state index in [1.54, 1.807) is 0 Å². The quantitative estimate of drug-likeness (QED) is 0.671. The summed E-state index contributed by atoms with van der Waals surface area (Å²) in [4.78, 5) is 12.1. The van der Waals surface area contributed by atoms with Crippen molar-refractivity contribution in [2.75, 3.05) is 10.6 Å². The molecule has 128 valence electrons. The molecule has 0 atom stereocenters. The number of amides is 2. The smallest absolute Gasteiger partial charge is 0.308 e. The molecule has 0 fully saturated rings. The highest BCUT2D eigenvalue weighted by molar-refractivity contribution is 6.00. The lowest BCUT2D eigenvalue weighted by Gasteiger charge is -2.11. The van der Waals surface area contributed by atoms with Crippen LogP contribution in [-0.4, -0.2) is 6.03 Å². The zero-order valence-corrected chi connectivity index (χ0v) is 15.3. The van der Waals surface area contributed by atoms with Crippen molar-refractivity contribution < 1.29 is 4.79 Å². The van der Waals surface area contributed by atoms with Crippen molar-refractivity contribution in [1.29, 1.82) is 0 Å². The van der Waals surface area contributed by atoms with Gasteiger partial charge in [0.05, 0.1) is 0 Å². The summed E-state index contributed by atoms with van der Waals surface area (Å²) in [6, 6.07) is 13.4. The molecule has 2 aromatic carbocycles. The van der Waals surface area contributed by atoms with E-state index in [9.17, 15) is 4.79 Å². The van der Waals surface area contributed by atoms with Gasteiger partial charge in [0.25, 0.3) is 0 Å². The summed E-state index contributed by atoms with van der Waals surface area (Å²) in [7, 11) is 0. The normalized spacial score (nSPS) is 10.0. The van der Waals surface area contributed by atoms with Crippen molar-refractivity contribution in [3.05, 3.63) is 65.2 Å². The fourth-order valence-corrected chi connectivity index (χ4v) is 2.18. The number of aryl methyl sites for hydroxylation is 2. The highest BCUT2D eigenvalue weighted by Gasteiger charge is 2.05. The first-order chi connectivity index (χ1) is 11.6. The molecule has 0 saturated heterocycles. The molecular formula is C21H28N2O. The van der Waals surface area contributed by atoms with Crippen molar-refractivity contribution in [1.82, 2.24) is 0 Å². The molecule has 0 aromatic heterocycles. The van der Waals surface area contributed by atoms with Crippen molar-refractivity contribution in [2.24, 2.45) is 0 Å². The van der Waals surface area contributed by atoms with Gasteiger partial charge >= 0.3 is 6.03 Å². The Kier molecular flexibility index (Phi) is 8.34. The minimum Gasteiger partial charge on any atom is -0.308 e. The second-order valence-corrected chi connectivity index (χ2v) is 5.28. The van der Waals surface area contributed by atoms with E-state index < -0.39 is 0 Å². The van der Waals surface area contributed by atoms with Crippen LogP contribution in [0.15, 0.2) is 48.5 Å². The molecule has 2 rings (SSSR count). The molecule has 0 spiro atoms. The summed E-state index contributed by atoms with van der Waals surface area (Å²) in [5.74, 6) is 0. The molecule has 2 aromatic rings. The monoisotopic (exact) mass is 324 g/mol. The largest absolute Gasteiger partial charge is 0.323 e. The van der Waals surface area contributed by atoms with Crippen LogP contribution in [0, 0.1) is 13.8 Å². The summed E-state index contributed by atoms with van der Waals surface area (Å²) in [6.45, 7) is 10.1. The lowest BCUT2D eigenvalue weighted by molar-refractivity contribution is 0.262. The van der Waals surface area contributed by atoms with Gasteiger partial charge in [0, 0.05) is 11.4 Å². The van der Waals surface area contributed by atoms with Gasteiger partial charge in [-0.3, -0.25) is 0 Å². The van der Waals surface area contributed by atoms with Gasteiger partial charge in [0.15, 0.2) is 0 Å². The molecule has 0 heterocycles. The molecule has 0 aliphatic carbocycles. The van der Waals surface area contributed by atoms with Crippen LogP contribution in [0.25, 0.3) is 6.08 Å². The predicted molar refractivity (Wildman–Crippen MR) is 106 cm³/mol. The first-order valence-corrected chi connectivity index (χ1v) is 8.51. The van der Waals surface area contributed by atoms with Crippen LogP contribution >= 0.6 is 0 Å². The first kappa shape index (κ1) is 19.5. The fourth-order valence-electron chi connectivity index (χ4n) is 2.18. The van der Waals surface area contributed by atoms with Gasteiger partial charge in [-0.2, -0.15) is 0 Å². The minimum atomic E-state index is -0.231. The molecule has 0 aliphatic heterocycles. The average Bonchev–Trinajstić information content (AvgIpc) is 2.58. The zero-order valence-electron chi connectivity index (χ0n) is 15.3. The Morgan fingerprint density at radius 3 is 2.33 bits per heavy atom. The molecule has 0 saturated carbocycles. The van der Waals surface area contributed by atoms with Crippen molar-refractivity contribution in [3.8, 4) is 0 Å². The number of para-hydroxylation sites is 1. The minimum absolute atomic E-state index is 0.231. The number of nitrogens with one attached hydrogen (secondary N) is 2. The van der Waals surface area contributed by atoms with Crippen LogP contribution in [0.5, 0.6) is 0 Å². The summed E-state index contributed by atoms with van der Waals surface area (Å²) < 4.78 is 0. The zero-order chi connectivity index (χ0) is 17.9. The maximum atomic E-state index is 12.1. The summed E-state index contributed by atoms with van der Waals surface area (Å²) in [6.07, 6.45) is 5.24. The van der Waals surface area contributed by atoms with Gasteiger partial charge in [-0.1, -0.05) is 57.2 Å². The Balaban J connectivity index is 0.00000139. The number of urea groups is 1. The van der Waals surface area contributed by atoms with Gasteiger partial charge in [-0.05, 0) is 55.2 Å². The maximum Gasteiger partial charge on any atom is 0.323 e. The van der Waals surface area contributed by atoms with E-state index in [0.717, 1.165) is 28.9 Å². The van der Waals surface area contributed by atoms with Crippen molar-refractivity contribution >= 4 is 23.5 Å². The second kappa shape index (κ2) is 10.3. The molecule has 0 aliphatic rings. The van der Waals surface area contributed by atoms with Gasteiger partial charge in [0.1, 0.15) is 0 Å². The molecule has 0 unspecified atom stereocenters. The highest BCUT2D eigenvalue weighted by Crippen LogP contribution is 2.18. The van der Waals surface area contributed by atoms with E-state index >= 15 is 0 Å². The second-order valence-electron chi connectivity index (χ2n) is 5.28. The molecular weight excluding hydrogens is 296 g/mol. The summed E-state index contributed by atoms with van der Waals surface area (Å²) in [5, 5.41) is 5.73. The summed E-state index contributed by atoms with van der Waals surface area (Å²) in [5.41, 5.74) is 4.95. The molecule has 3 nitrogen and oxygen atoms in total. The number of rotatable bonds is 4. The van der Waals surface area contributed by atoms with Crippen LogP contribution < -0.4 is 10.6 Å². The van der Waals surface area contributed by atoms with Crippen molar-refractivity contribution in [3.63, 3.8) is 0 Å². The number of hydrogen-bond donors (Lipinski definition) is 2. The molecule has 0 radical (unpaired) electrons. The lowest BCUT2D eigenvalue weighted by atomic mass is 10.1. The Bertz CT molecular complexity index is 690. The summed E-state index contributed by atoms with van der Waals surface area (Å²) >= 11 is 0. The van der Waals surface area contributed by atoms with Gasteiger partial charge in [-0.15, -0.1) is 0 Å². The first-order valence-electron chi connectivity index (χ1n) is 8.51. The van der Waals surface area contributed by atoms with E-state index in [2.05, 4.69) is 29.7 Å². The Hall–Kier alpha value is -2.55. The fraction of sp³-hybridized carbons (Fsp3) is 0.286. The van der Waals surface area contributed by atoms with Gasteiger partial charge in [-0.25, -0.2) is 4.79 Å². The Labute approximate surface area is 145 Å². The molecule has 2 amide bonds. The average molecular weight is 324 g/mol. The molecule has 2 N–H and O–H groups in total. The Morgan fingerprint density at radius 1 is 1.00 bits per heavy atom. The third-order valence-corrected chi connectivity index (χ3v) is 3.45. The predicted octanol–water partition coefficient (Wildman–Crippen LogP) is 6.40. The lowest BCUT2D eigenvalue weighted by Crippen LogP contribution is -2.20. The number of anilines is 2. The number of benzene rings is 2. The topological polar surface area (TPSA) is 41.1 Å². The molecule has 0 bridgehead atoms. The SMILES string of the molecule is CC.CC/C=C\c1ccc(NC(=O)Nc2ccccc2C)cc1C. The molecule has 24 heavy (non-hydrogen) atoms.